The van der Waals surface area contributed by atoms with Gasteiger partial charge in [-0.3, -0.25) is 4.79 Å². The van der Waals surface area contributed by atoms with E-state index in [1.165, 1.54) is 0 Å². The number of nitrogens with one attached hydrogen (secondary N) is 2. The largest absolute Gasteiger partial charge is 0.333 e. The predicted molar refractivity (Wildman–Crippen MR) is 75.1 cm³/mol. The van der Waals surface area contributed by atoms with Gasteiger partial charge in [0.25, 0.3) is 0 Å². The average molecular weight is 260 g/mol. The number of aromatic amines is 1. The Morgan fingerprint density at radius 2 is 2.32 bits per heavy atom. The molecule has 5 nitrogen and oxygen atoms in total. The minimum absolute atomic E-state index is 0.0474. The van der Waals surface area contributed by atoms with Crippen LogP contribution in [0.15, 0.2) is 35.5 Å². The summed E-state index contributed by atoms with van der Waals surface area (Å²) in [4.78, 5) is 18.6. The van der Waals surface area contributed by atoms with E-state index in [2.05, 4.69) is 26.8 Å². The topological polar surface area (TPSA) is 62.7 Å². The highest BCUT2D eigenvalue weighted by Crippen LogP contribution is 2.19. The Kier molecular flexibility index (Phi) is 4.52. The third-order valence-electron chi connectivity index (χ3n) is 3.01. The maximum atomic E-state index is 11.5. The van der Waals surface area contributed by atoms with Crippen LogP contribution in [0, 0.1) is 0 Å². The molecule has 0 radical (unpaired) electrons. The predicted octanol–water partition coefficient (Wildman–Crippen LogP) is 1.68. The minimum Gasteiger partial charge on any atom is -0.333 e. The molecule has 1 unspecified atom stereocenters. The van der Waals surface area contributed by atoms with E-state index in [1.54, 1.807) is 12.3 Å². The lowest BCUT2D eigenvalue weighted by Gasteiger charge is -2.19. The third-order valence-corrected chi connectivity index (χ3v) is 3.01. The number of hydrogen-bond acceptors (Lipinski definition) is 3. The second-order valence-corrected chi connectivity index (χ2v) is 4.46. The minimum atomic E-state index is -0.0889. The monoisotopic (exact) mass is 260 g/mol. The summed E-state index contributed by atoms with van der Waals surface area (Å²) in [5.41, 5.74) is 0.850. The summed E-state index contributed by atoms with van der Waals surface area (Å²) in [7, 11) is 0. The molecule has 2 N–H and O–H groups in total. The van der Waals surface area contributed by atoms with Gasteiger partial charge in [0.05, 0.1) is 6.04 Å². The number of H-pyrrole nitrogens is 1. The van der Waals surface area contributed by atoms with Gasteiger partial charge in [0.15, 0.2) is 0 Å². The number of aryl methyl sites for hydroxylation is 1. The first kappa shape index (κ1) is 13.5. The number of pyridine rings is 1. The van der Waals surface area contributed by atoms with Crippen LogP contribution >= 0.6 is 0 Å². The maximum Gasteiger partial charge on any atom is 0.248 e. The molecule has 0 saturated carbocycles. The molecule has 2 aromatic heterocycles. The van der Waals surface area contributed by atoms with Crippen molar-refractivity contribution in [1.82, 2.24) is 19.9 Å². The van der Waals surface area contributed by atoms with Crippen LogP contribution in [0.4, 0.5) is 0 Å². The zero-order valence-corrected chi connectivity index (χ0v) is 11.4. The van der Waals surface area contributed by atoms with Crippen LogP contribution in [0.3, 0.4) is 0 Å². The highest BCUT2D eigenvalue weighted by atomic mass is 16.1. The normalized spacial score (nSPS) is 12.5. The lowest BCUT2D eigenvalue weighted by Crippen LogP contribution is -2.26. The van der Waals surface area contributed by atoms with Gasteiger partial charge in [-0.15, -0.1) is 0 Å². The molecule has 0 spiro atoms. The fourth-order valence-electron chi connectivity index (χ4n) is 2.21. The molecule has 2 rings (SSSR count). The molecule has 0 saturated heterocycles. The van der Waals surface area contributed by atoms with Crippen LogP contribution in [-0.2, 0) is 6.54 Å². The molecule has 2 heterocycles. The van der Waals surface area contributed by atoms with Gasteiger partial charge in [0, 0.05) is 31.2 Å². The molecule has 0 aromatic carbocycles. The molecule has 0 aliphatic carbocycles. The van der Waals surface area contributed by atoms with E-state index in [4.69, 9.17) is 0 Å². The second-order valence-electron chi connectivity index (χ2n) is 4.46. The van der Waals surface area contributed by atoms with Crippen molar-refractivity contribution in [2.75, 3.05) is 6.54 Å². The molecule has 2 aromatic rings. The van der Waals surface area contributed by atoms with Crippen molar-refractivity contribution in [3.63, 3.8) is 0 Å². The number of aromatic nitrogens is 3. The first-order chi connectivity index (χ1) is 9.26. The Morgan fingerprint density at radius 3 is 3.00 bits per heavy atom. The molecule has 102 valence electrons. The molecule has 1 atom stereocenters. The molecule has 19 heavy (non-hydrogen) atoms. The van der Waals surface area contributed by atoms with Crippen LogP contribution in [0.2, 0.25) is 0 Å². The molecular formula is C14H20N4O. The van der Waals surface area contributed by atoms with Crippen molar-refractivity contribution in [1.29, 1.82) is 0 Å². The quantitative estimate of drug-likeness (QED) is 0.830. The molecule has 5 heteroatoms. The lowest BCUT2D eigenvalue weighted by atomic mass is 10.1. The first-order valence-corrected chi connectivity index (χ1v) is 6.69. The van der Waals surface area contributed by atoms with Gasteiger partial charge in [0.2, 0.25) is 5.56 Å². The van der Waals surface area contributed by atoms with Crippen LogP contribution in [0.25, 0.3) is 0 Å². The molecular weight excluding hydrogens is 240 g/mol. The summed E-state index contributed by atoms with van der Waals surface area (Å²) in [6.07, 6.45) is 6.52. The van der Waals surface area contributed by atoms with Crippen molar-refractivity contribution in [3.05, 3.63) is 52.5 Å². The first-order valence-electron chi connectivity index (χ1n) is 6.69. The van der Waals surface area contributed by atoms with Crippen molar-refractivity contribution < 1.29 is 0 Å². The van der Waals surface area contributed by atoms with Crippen molar-refractivity contribution in [3.8, 4) is 0 Å². The highest BCUT2D eigenvalue weighted by Gasteiger charge is 2.18. The SMILES string of the molecule is CCCn1ccnc1C(NCC)c1cc[nH]c(=O)c1. The second kappa shape index (κ2) is 6.33. The zero-order valence-electron chi connectivity index (χ0n) is 11.4. The highest BCUT2D eigenvalue weighted by molar-refractivity contribution is 5.23. The third kappa shape index (κ3) is 3.12. The summed E-state index contributed by atoms with van der Waals surface area (Å²) in [6, 6.07) is 3.49. The summed E-state index contributed by atoms with van der Waals surface area (Å²) in [6.45, 7) is 5.93. The lowest BCUT2D eigenvalue weighted by molar-refractivity contribution is 0.543. The van der Waals surface area contributed by atoms with Crippen molar-refractivity contribution in [2.24, 2.45) is 0 Å². The van der Waals surface area contributed by atoms with E-state index >= 15 is 0 Å². The van der Waals surface area contributed by atoms with E-state index in [0.717, 1.165) is 30.9 Å². The van der Waals surface area contributed by atoms with Gasteiger partial charge < -0.3 is 14.9 Å². The van der Waals surface area contributed by atoms with Gasteiger partial charge in [-0.05, 0) is 24.6 Å². The van der Waals surface area contributed by atoms with E-state index in [0.29, 0.717) is 0 Å². The van der Waals surface area contributed by atoms with Gasteiger partial charge in [0.1, 0.15) is 5.82 Å². The van der Waals surface area contributed by atoms with Crippen LogP contribution in [0.5, 0.6) is 0 Å². The zero-order chi connectivity index (χ0) is 13.7. The van der Waals surface area contributed by atoms with Gasteiger partial charge in [-0.2, -0.15) is 0 Å². The number of nitrogens with zero attached hydrogens (tertiary/aromatic N) is 2. The Balaban J connectivity index is 2.39. The smallest absolute Gasteiger partial charge is 0.248 e. The standard InChI is InChI=1S/C14H20N4O/c1-3-8-18-9-7-17-14(18)13(15-4-2)11-5-6-16-12(19)10-11/h5-7,9-10,13,15H,3-4,8H2,1-2H3,(H,16,19). The van der Waals surface area contributed by atoms with E-state index in [1.807, 2.05) is 25.4 Å². The molecule has 0 aliphatic rings. The number of hydrogen-bond donors (Lipinski definition) is 2. The van der Waals surface area contributed by atoms with E-state index < -0.39 is 0 Å². The Morgan fingerprint density at radius 1 is 1.47 bits per heavy atom. The maximum absolute atomic E-state index is 11.5. The summed E-state index contributed by atoms with van der Waals surface area (Å²) in [5.74, 6) is 0.953. The number of rotatable bonds is 6. The van der Waals surface area contributed by atoms with Gasteiger partial charge in [-0.25, -0.2) is 4.98 Å². The van der Waals surface area contributed by atoms with Gasteiger partial charge >= 0.3 is 0 Å². The van der Waals surface area contributed by atoms with Crippen LogP contribution < -0.4 is 10.9 Å². The molecule has 0 amide bonds. The number of imidazole rings is 1. The molecule has 0 aliphatic heterocycles. The fraction of sp³-hybridized carbons (Fsp3) is 0.429. The Labute approximate surface area is 112 Å². The average Bonchev–Trinajstić information content (AvgIpc) is 2.84. The van der Waals surface area contributed by atoms with E-state index in [-0.39, 0.29) is 11.6 Å². The summed E-state index contributed by atoms with van der Waals surface area (Å²) < 4.78 is 2.13. The van der Waals surface area contributed by atoms with Gasteiger partial charge in [-0.1, -0.05) is 13.8 Å². The van der Waals surface area contributed by atoms with Crippen molar-refractivity contribution in [2.45, 2.75) is 32.9 Å². The fourth-order valence-corrected chi connectivity index (χ4v) is 2.21. The Bertz CT molecular complexity index is 573. The summed E-state index contributed by atoms with van der Waals surface area (Å²) >= 11 is 0. The van der Waals surface area contributed by atoms with Crippen LogP contribution in [-0.4, -0.2) is 21.1 Å². The Hall–Kier alpha value is -1.88. The molecule has 0 fully saturated rings. The van der Waals surface area contributed by atoms with Crippen molar-refractivity contribution >= 4 is 0 Å². The summed E-state index contributed by atoms with van der Waals surface area (Å²) in [5, 5.41) is 3.39. The van der Waals surface area contributed by atoms with E-state index in [9.17, 15) is 4.79 Å². The van der Waals surface area contributed by atoms with Crippen LogP contribution in [0.1, 0.15) is 37.7 Å². The molecule has 0 bridgehead atoms.